The number of ether oxygens (including phenoxy) is 1. The standard InChI is InChI=1S/C18H26N2O2/c1-4-12-19-13-11-16-7-10-18(21)20(16)14(2)15-5-8-17(22-3)9-6-15/h4-6,8-9,14,16,19H,1,7,10-13H2,2-3H3/t14-,16?/m1/s1. The summed E-state index contributed by atoms with van der Waals surface area (Å²) in [7, 11) is 1.66. The molecule has 1 heterocycles. The van der Waals surface area contributed by atoms with Crippen molar-refractivity contribution < 1.29 is 9.53 Å². The van der Waals surface area contributed by atoms with Crippen molar-refractivity contribution in [3.63, 3.8) is 0 Å². The lowest BCUT2D eigenvalue weighted by molar-refractivity contribution is -0.131. The number of nitrogens with zero attached hydrogens (tertiary/aromatic N) is 1. The van der Waals surface area contributed by atoms with Gasteiger partial charge >= 0.3 is 0 Å². The normalized spacial score (nSPS) is 19.3. The maximum Gasteiger partial charge on any atom is 0.223 e. The maximum atomic E-state index is 12.3. The smallest absolute Gasteiger partial charge is 0.223 e. The zero-order chi connectivity index (χ0) is 15.9. The highest BCUT2D eigenvalue weighted by Crippen LogP contribution is 2.32. The molecule has 1 aliphatic rings. The van der Waals surface area contributed by atoms with Crippen LogP contribution < -0.4 is 10.1 Å². The van der Waals surface area contributed by atoms with Gasteiger partial charge in [0.05, 0.1) is 13.2 Å². The molecule has 1 N–H and O–H groups in total. The summed E-state index contributed by atoms with van der Waals surface area (Å²) in [5.74, 6) is 1.10. The summed E-state index contributed by atoms with van der Waals surface area (Å²) < 4.78 is 5.20. The number of nitrogens with one attached hydrogen (secondary N) is 1. The number of likely N-dealkylation sites (tertiary alicyclic amines) is 1. The molecule has 1 aromatic carbocycles. The predicted molar refractivity (Wildman–Crippen MR) is 89.0 cm³/mol. The second kappa shape index (κ2) is 7.99. The lowest BCUT2D eigenvalue weighted by Crippen LogP contribution is -2.37. The van der Waals surface area contributed by atoms with E-state index in [4.69, 9.17) is 4.74 Å². The van der Waals surface area contributed by atoms with Gasteiger partial charge < -0.3 is 15.0 Å². The molecule has 0 bridgehead atoms. The Kier molecular flexibility index (Phi) is 6.01. The molecule has 0 radical (unpaired) electrons. The molecule has 120 valence electrons. The molecule has 22 heavy (non-hydrogen) atoms. The Morgan fingerprint density at radius 2 is 2.18 bits per heavy atom. The Morgan fingerprint density at radius 3 is 2.82 bits per heavy atom. The fraction of sp³-hybridized carbons (Fsp3) is 0.500. The molecular weight excluding hydrogens is 276 g/mol. The lowest BCUT2D eigenvalue weighted by atomic mass is 10.0. The third-order valence-electron chi connectivity index (χ3n) is 4.33. The van der Waals surface area contributed by atoms with Crippen LogP contribution in [-0.4, -0.2) is 37.0 Å². The van der Waals surface area contributed by atoms with Gasteiger partial charge in [-0.2, -0.15) is 0 Å². The van der Waals surface area contributed by atoms with Crippen LogP contribution in [0.4, 0.5) is 0 Å². The fourth-order valence-electron chi connectivity index (χ4n) is 3.09. The summed E-state index contributed by atoms with van der Waals surface area (Å²) in [6, 6.07) is 8.41. The van der Waals surface area contributed by atoms with Crippen molar-refractivity contribution in [2.45, 2.75) is 38.3 Å². The quantitative estimate of drug-likeness (QED) is 0.593. The van der Waals surface area contributed by atoms with Crippen molar-refractivity contribution in [2.75, 3.05) is 20.2 Å². The first-order chi connectivity index (χ1) is 10.7. The van der Waals surface area contributed by atoms with Crippen molar-refractivity contribution >= 4 is 5.91 Å². The minimum absolute atomic E-state index is 0.102. The molecule has 1 saturated heterocycles. The second-order valence-electron chi connectivity index (χ2n) is 5.72. The third-order valence-corrected chi connectivity index (χ3v) is 4.33. The highest BCUT2D eigenvalue weighted by Gasteiger charge is 2.34. The van der Waals surface area contributed by atoms with Crippen LogP contribution >= 0.6 is 0 Å². The van der Waals surface area contributed by atoms with Gasteiger partial charge in [0.15, 0.2) is 0 Å². The van der Waals surface area contributed by atoms with Gasteiger partial charge in [-0.3, -0.25) is 4.79 Å². The molecule has 1 unspecified atom stereocenters. The van der Waals surface area contributed by atoms with E-state index in [1.165, 1.54) is 0 Å². The first kappa shape index (κ1) is 16.6. The molecular formula is C18H26N2O2. The molecule has 4 heteroatoms. The average molecular weight is 302 g/mol. The Morgan fingerprint density at radius 1 is 1.45 bits per heavy atom. The largest absolute Gasteiger partial charge is 0.497 e. The Hall–Kier alpha value is -1.81. The van der Waals surface area contributed by atoms with E-state index in [1.807, 2.05) is 30.3 Å². The number of methoxy groups -OCH3 is 1. The van der Waals surface area contributed by atoms with Crippen molar-refractivity contribution in [3.8, 4) is 5.75 Å². The summed E-state index contributed by atoms with van der Waals surface area (Å²) in [5, 5.41) is 3.32. The Labute approximate surface area is 133 Å². The van der Waals surface area contributed by atoms with Crippen LogP contribution in [0.2, 0.25) is 0 Å². The minimum atomic E-state index is 0.102. The summed E-state index contributed by atoms with van der Waals surface area (Å²) in [6.07, 6.45) is 4.46. The van der Waals surface area contributed by atoms with Crippen molar-refractivity contribution in [3.05, 3.63) is 42.5 Å². The molecule has 1 amide bonds. The van der Waals surface area contributed by atoms with Crippen LogP contribution in [0.15, 0.2) is 36.9 Å². The van der Waals surface area contributed by atoms with Crippen molar-refractivity contribution in [1.82, 2.24) is 10.2 Å². The number of carbonyl (C=O) groups excluding carboxylic acids is 1. The van der Waals surface area contributed by atoms with E-state index in [0.29, 0.717) is 12.5 Å². The topological polar surface area (TPSA) is 41.6 Å². The first-order valence-corrected chi connectivity index (χ1v) is 7.94. The van der Waals surface area contributed by atoms with Gasteiger partial charge in [0, 0.05) is 19.0 Å². The van der Waals surface area contributed by atoms with E-state index in [0.717, 1.165) is 37.2 Å². The van der Waals surface area contributed by atoms with Crippen LogP contribution in [0.25, 0.3) is 0 Å². The van der Waals surface area contributed by atoms with Crippen LogP contribution in [-0.2, 0) is 4.79 Å². The van der Waals surface area contributed by atoms with Crippen LogP contribution in [0.5, 0.6) is 5.75 Å². The van der Waals surface area contributed by atoms with E-state index in [9.17, 15) is 4.79 Å². The molecule has 1 aromatic rings. The molecule has 0 aliphatic carbocycles. The van der Waals surface area contributed by atoms with Crippen molar-refractivity contribution in [1.29, 1.82) is 0 Å². The molecule has 4 nitrogen and oxygen atoms in total. The van der Waals surface area contributed by atoms with Gasteiger partial charge in [-0.05, 0) is 44.0 Å². The molecule has 1 fully saturated rings. The van der Waals surface area contributed by atoms with Gasteiger partial charge in [0.1, 0.15) is 5.75 Å². The van der Waals surface area contributed by atoms with Gasteiger partial charge in [0.25, 0.3) is 0 Å². The van der Waals surface area contributed by atoms with E-state index >= 15 is 0 Å². The Bertz CT molecular complexity index is 498. The molecule has 2 rings (SSSR count). The highest BCUT2D eigenvalue weighted by atomic mass is 16.5. The molecule has 0 spiro atoms. The number of hydrogen-bond donors (Lipinski definition) is 1. The van der Waals surface area contributed by atoms with Crippen LogP contribution in [0.3, 0.4) is 0 Å². The first-order valence-electron chi connectivity index (χ1n) is 7.94. The minimum Gasteiger partial charge on any atom is -0.497 e. The fourth-order valence-corrected chi connectivity index (χ4v) is 3.09. The highest BCUT2D eigenvalue weighted by molar-refractivity contribution is 5.79. The van der Waals surface area contributed by atoms with Crippen LogP contribution in [0.1, 0.15) is 37.8 Å². The average Bonchev–Trinajstić information content (AvgIpc) is 2.92. The molecule has 2 atom stereocenters. The van der Waals surface area contributed by atoms with E-state index < -0.39 is 0 Å². The maximum absolute atomic E-state index is 12.3. The van der Waals surface area contributed by atoms with Gasteiger partial charge in [-0.25, -0.2) is 0 Å². The number of amides is 1. The van der Waals surface area contributed by atoms with E-state index in [-0.39, 0.29) is 11.9 Å². The Balaban J connectivity index is 2.02. The number of carbonyl (C=O) groups is 1. The number of rotatable bonds is 8. The summed E-state index contributed by atoms with van der Waals surface area (Å²) in [5.41, 5.74) is 1.15. The second-order valence-corrected chi connectivity index (χ2v) is 5.72. The zero-order valence-electron chi connectivity index (χ0n) is 13.5. The lowest BCUT2D eigenvalue weighted by Gasteiger charge is -2.31. The summed E-state index contributed by atoms with van der Waals surface area (Å²) >= 11 is 0. The van der Waals surface area contributed by atoms with Gasteiger partial charge in [-0.1, -0.05) is 18.2 Å². The number of hydrogen-bond acceptors (Lipinski definition) is 3. The SMILES string of the molecule is C=CCNCCC1CCC(=O)N1[C@H](C)c1ccc(OC)cc1. The van der Waals surface area contributed by atoms with Gasteiger partial charge in [0.2, 0.25) is 5.91 Å². The van der Waals surface area contributed by atoms with Crippen molar-refractivity contribution in [2.24, 2.45) is 0 Å². The molecule has 0 saturated carbocycles. The molecule has 1 aliphatic heterocycles. The van der Waals surface area contributed by atoms with E-state index in [1.54, 1.807) is 7.11 Å². The number of benzene rings is 1. The molecule has 0 aromatic heterocycles. The van der Waals surface area contributed by atoms with Gasteiger partial charge in [-0.15, -0.1) is 6.58 Å². The van der Waals surface area contributed by atoms with Crippen LogP contribution in [0, 0.1) is 0 Å². The van der Waals surface area contributed by atoms with E-state index in [2.05, 4.69) is 23.7 Å². The summed E-state index contributed by atoms with van der Waals surface area (Å²) in [6.45, 7) is 7.53. The summed E-state index contributed by atoms with van der Waals surface area (Å²) in [4.78, 5) is 14.3. The predicted octanol–water partition coefficient (Wildman–Crippen LogP) is 2.91. The monoisotopic (exact) mass is 302 g/mol. The third kappa shape index (κ3) is 3.89. The zero-order valence-corrected chi connectivity index (χ0v) is 13.5.